The van der Waals surface area contributed by atoms with Gasteiger partial charge in [-0.1, -0.05) is 25.9 Å². The maximum absolute atomic E-state index is 11.6. The first kappa shape index (κ1) is 21.7. The Morgan fingerprint density at radius 1 is 1.44 bits per heavy atom. The lowest BCUT2D eigenvalue weighted by molar-refractivity contribution is -0.132. The molecule has 25 heavy (non-hydrogen) atoms. The maximum Gasteiger partial charge on any atom is 0.232 e. The van der Waals surface area contributed by atoms with E-state index < -0.39 is 0 Å². The summed E-state index contributed by atoms with van der Waals surface area (Å²) in [5.74, 6) is 2.06. The fourth-order valence-electron chi connectivity index (χ4n) is 2.42. The number of piperidine rings is 1. The van der Waals surface area contributed by atoms with Crippen LogP contribution in [-0.4, -0.2) is 53.1 Å². The van der Waals surface area contributed by atoms with E-state index in [0.29, 0.717) is 37.2 Å². The van der Waals surface area contributed by atoms with Crippen molar-refractivity contribution in [2.75, 3.05) is 20.1 Å². The van der Waals surface area contributed by atoms with E-state index in [2.05, 4.69) is 25.8 Å². The van der Waals surface area contributed by atoms with Gasteiger partial charge in [0.2, 0.25) is 11.8 Å². The van der Waals surface area contributed by atoms with E-state index >= 15 is 0 Å². The number of hydrogen-bond donors (Lipinski definition) is 2. The van der Waals surface area contributed by atoms with E-state index in [1.807, 2.05) is 34.7 Å². The lowest BCUT2D eigenvalue weighted by Gasteiger charge is -2.31. The highest BCUT2D eigenvalue weighted by molar-refractivity contribution is 14.0. The molecule has 1 amide bonds. The van der Waals surface area contributed by atoms with E-state index in [-0.39, 0.29) is 41.3 Å². The molecule has 0 aromatic carbocycles. The molecule has 1 fully saturated rings. The molecule has 8 nitrogen and oxygen atoms in total. The van der Waals surface area contributed by atoms with Crippen LogP contribution in [0.25, 0.3) is 0 Å². The van der Waals surface area contributed by atoms with E-state index in [4.69, 9.17) is 4.52 Å². The molecule has 0 radical (unpaired) electrons. The number of rotatable bonds is 4. The normalized spacial score (nSPS) is 18.8. The third-order valence-corrected chi connectivity index (χ3v) is 3.80. The average Bonchev–Trinajstić information content (AvgIpc) is 2.98. The number of amides is 1. The number of carbonyl (C=O) groups is 1. The van der Waals surface area contributed by atoms with Crippen LogP contribution in [0.5, 0.6) is 0 Å². The number of halogens is 1. The predicted molar refractivity (Wildman–Crippen MR) is 107 cm³/mol. The summed E-state index contributed by atoms with van der Waals surface area (Å²) in [5.41, 5.74) is -0.170. The number of likely N-dealkylation sites (N-methyl/N-ethyl adjacent to an activating group) is 1. The molecular formula is C16H29IN6O2. The topological polar surface area (TPSA) is 95.6 Å². The summed E-state index contributed by atoms with van der Waals surface area (Å²) in [4.78, 5) is 22.2. The van der Waals surface area contributed by atoms with Crippen LogP contribution in [0.1, 0.15) is 52.3 Å². The van der Waals surface area contributed by atoms with Gasteiger partial charge < -0.3 is 20.1 Å². The Balaban J connectivity index is 0.00000312. The number of hydrogen-bond acceptors (Lipinski definition) is 5. The third kappa shape index (κ3) is 6.44. The number of nitrogens with zero attached hydrogens (tertiary/aromatic N) is 4. The predicted octanol–water partition coefficient (Wildman–Crippen LogP) is 1.66. The minimum absolute atomic E-state index is 0. The molecule has 1 aromatic heterocycles. The number of guanidine groups is 1. The van der Waals surface area contributed by atoms with Gasteiger partial charge in [0.1, 0.15) is 6.54 Å². The van der Waals surface area contributed by atoms with Crippen LogP contribution in [0.15, 0.2) is 9.52 Å². The average molecular weight is 464 g/mol. The second-order valence-corrected chi connectivity index (χ2v) is 7.12. The molecular weight excluding hydrogens is 435 g/mol. The Kier molecular flexibility index (Phi) is 8.10. The van der Waals surface area contributed by atoms with Crippen LogP contribution in [0.3, 0.4) is 0 Å². The van der Waals surface area contributed by atoms with Crippen molar-refractivity contribution in [2.24, 2.45) is 4.99 Å². The molecule has 0 saturated carbocycles. The summed E-state index contributed by atoms with van der Waals surface area (Å²) in [6.07, 6.45) is 1.37. The second kappa shape index (κ2) is 9.35. The first-order valence-corrected chi connectivity index (χ1v) is 8.41. The summed E-state index contributed by atoms with van der Waals surface area (Å²) in [6.45, 7) is 9.88. The van der Waals surface area contributed by atoms with Gasteiger partial charge in [0.25, 0.3) is 0 Å². The molecule has 2 rings (SSSR count). The van der Waals surface area contributed by atoms with Crippen LogP contribution in [0.2, 0.25) is 0 Å². The van der Waals surface area contributed by atoms with Gasteiger partial charge in [-0.2, -0.15) is 4.98 Å². The van der Waals surface area contributed by atoms with Crippen molar-refractivity contribution in [3.63, 3.8) is 0 Å². The highest BCUT2D eigenvalue weighted by atomic mass is 127. The summed E-state index contributed by atoms with van der Waals surface area (Å²) >= 11 is 0. The number of aromatic nitrogens is 2. The highest BCUT2D eigenvalue weighted by Crippen LogP contribution is 2.19. The molecule has 0 bridgehead atoms. The van der Waals surface area contributed by atoms with E-state index in [1.165, 1.54) is 0 Å². The molecule has 1 atom stereocenters. The first-order chi connectivity index (χ1) is 11.3. The summed E-state index contributed by atoms with van der Waals surface area (Å²) in [6, 6.07) is 0.195. The van der Waals surface area contributed by atoms with Crippen LogP contribution >= 0.6 is 24.0 Å². The van der Waals surface area contributed by atoms with Gasteiger partial charge in [0, 0.05) is 38.0 Å². The molecule has 9 heteroatoms. The minimum atomic E-state index is -0.170. The second-order valence-electron chi connectivity index (χ2n) is 7.12. The van der Waals surface area contributed by atoms with Crippen molar-refractivity contribution in [3.8, 4) is 0 Å². The van der Waals surface area contributed by atoms with Gasteiger partial charge in [0.05, 0.1) is 0 Å². The number of aliphatic imine (C=N–C) groups is 1. The largest absolute Gasteiger partial charge is 0.357 e. The molecule has 1 aliphatic heterocycles. The monoisotopic (exact) mass is 464 g/mol. The zero-order valence-corrected chi connectivity index (χ0v) is 18.0. The fraction of sp³-hybridized carbons (Fsp3) is 0.750. The van der Waals surface area contributed by atoms with Gasteiger partial charge in [-0.15, -0.1) is 24.0 Å². The maximum atomic E-state index is 11.6. The van der Waals surface area contributed by atoms with Crippen LogP contribution in [-0.2, 0) is 16.8 Å². The summed E-state index contributed by atoms with van der Waals surface area (Å²) in [5, 5.41) is 10.6. The van der Waals surface area contributed by atoms with Gasteiger partial charge in [-0.3, -0.25) is 4.79 Å². The lowest BCUT2D eigenvalue weighted by Crippen LogP contribution is -2.51. The Bertz CT molecular complexity index is 596. The van der Waals surface area contributed by atoms with Crippen molar-refractivity contribution in [1.82, 2.24) is 25.7 Å². The van der Waals surface area contributed by atoms with Crippen LogP contribution in [0, 0.1) is 0 Å². The Labute approximate surface area is 166 Å². The quantitative estimate of drug-likeness (QED) is 0.400. The van der Waals surface area contributed by atoms with Crippen molar-refractivity contribution in [3.05, 3.63) is 11.7 Å². The number of likely N-dealkylation sites (tertiary alicyclic amines) is 1. The zero-order chi connectivity index (χ0) is 17.7. The lowest BCUT2D eigenvalue weighted by atomic mass is 9.97. The van der Waals surface area contributed by atoms with Crippen molar-refractivity contribution >= 4 is 35.8 Å². The van der Waals surface area contributed by atoms with E-state index in [1.54, 1.807) is 4.90 Å². The first-order valence-electron chi connectivity index (χ1n) is 8.41. The van der Waals surface area contributed by atoms with Crippen molar-refractivity contribution in [2.45, 2.75) is 58.5 Å². The van der Waals surface area contributed by atoms with Crippen LogP contribution < -0.4 is 10.6 Å². The van der Waals surface area contributed by atoms with Gasteiger partial charge in [-0.25, -0.2) is 4.99 Å². The highest BCUT2D eigenvalue weighted by Gasteiger charge is 2.24. The zero-order valence-electron chi connectivity index (χ0n) is 15.6. The van der Waals surface area contributed by atoms with Crippen molar-refractivity contribution in [1.29, 1.82) is 0 Å². The molecule has 1 aliphatic rings. The standard InChI is InChI=1S/C16H28N6O2.HI/c1-6-17-15(19-11-7-8-13(23)22(5)10-11)18-9-12-20-14(24-21-12)16(2,3)4;/h11H,6-10H2,1-5H3,(H2,17,18,19);1H. The molecule has 0 spiro atoms. The third-order valence-electron chi connectivity index (χ3n) is 3.80. The van der Waals surface area contributed by atoms with Crippen molar-refractivity contribution < 1.29 is 9.32 Å². The number of nitrogens with one attached hydrogen (secondary N) is 2. The number of carbonyl (C=O) groups excluding carboxylic acids is 1. The molecule has 2 heterocycles. The molecule has 1 aromatic rings. The SMILES string of the molecule is CCNC(=NCc1noc(C(C)(C)C)n1)NC1CCC(=O)N(C)C1.I. The fourth-order valence-corrected chi connectivity index (χ4v) is 2.42. The Morgan fingerprint density at radius 3 is 2.72 bits per heavy atom. The Hall–Kier alpha value is -1.39. The molecule has 1 saturated heterocycles. The van der Waals surface area contributed by atoms with E-state index in [0.717, 1.165) is 13.0 Å². The minimum Gasteiger partial charge on any atom is -0.357 e. The van der Waals surface area contributed by atoms with Gasteiger partial charge in [-0.05, 0) is 13.3 Å². The summed E-state index contributed by atoms with van der Waals surface area (Å²) < 4.78 is 5.28. The molecule has 2 N–H and O–H groups in total. The molecule has 142 valence electrons. The Morgan fingerprint density at radius 2 is 2.16 bits per heavy atom. The smallest absolute Gasteiger partial charge is 0.232 e. The van der Waals surface area contributed by atoms with Gasteiger partial charge in [0.15, 0.2) is 11.8 Å². The van der Waals surface area contributed by atoms with Gasteiger partial charge >= 0.3 is 0 Å². The molecule has 1 unspecified atom stereocenters. The van der Waals surface area contributed by atoms with E-state index in [9.17, 15) is 4.79 Å². The molecule has 0 aliphatic carbocycles. The summed E-state index contributed by atoms with van der Waals surface area (Å²) in [7, 11) is 1.83. The van der Waals surface area contributed by atoms with Crippen LogP contribution in [0.4, 0.5) is 0 Å².